The Kier molecular flexibility index (Phi) is 4.19. The Labute approximate surface area is 138 Å². The highest BCUT2D eigenvalue weighted by molar-refractivity contribution is 7.16. The van der Waals surface area contributed by atoms with Gasteiger partial charge in [0.15, 0.2) is 0 Å². The SMILES string of the molecule is CC1CCc2c(sc(NC(=O)c3ccccc3Cl)c2C#N)C1. The quantitative estimate of drug-likeness (QED) is 0.871. The summed E-state index contributed by atoms with van der Waals surface area (Å²) in [5.74, 6) is 0.360. The molecule has 0 saturated carbocycles. The minimum atomic E-state index is -0.270. The lowest BCUT2D eigenvalue weighted by Crippen LogP contribution is -2.12. The number of carbonyl (C=O) groups is 1. The van der Waals surface area contributed by atoms with Gasteiger partial charge in [0.1, 0.15) is 11.1 Å². The predicted octanol–water partition coefficient (Wildman–Crippen LogP) is 4.65. The van der Waals surface area contributed by atoms with Gasteiger partial charge in [0.2, 0.25) is 0 Å². The summed E-state index contributed by atoms with van der Waals surface area (Å²) < 4.78 is 0. The Hall–Kier alpha value is -1.83. The van der Waals surface area contributed by atoms with Gasteiger partial charge in [-0.3, -0.25) is 4.79 Å². The Morgan fingerprint density at radius 2 is 2.23 bits per heavy atom. The number of halogens is 1. The van der Waals surface area contributed by atoms with Crippen LogP contribution in [-0.2, 0) is 12.8 Å². The first-order chi connectivity index (χ1) is 10.6. The van der Waals surface area contributed by atoms with Gasteiger partial charge in [0.25, 0.3) is 5.91 Å². The lowest BCUT2D eigenvalue weighted by Gasteiger charge is -2.17. The Morgan fingerprint density at radius 3 is 2.95 bits per heavy atom. The molecule has 0 radical (unpaired) electrons. The molecule has 1 aromatic carbocycles. The van der Waals surface area contributed by atoms with Gasteiger partial charge in [-0.25, -0.2) is 0 Å². The second kappa shape index (κ2) is 6.12. The average Bonchev–Trinajstić information content (AvgIpc) is 2.83. The average molecular weight is 331 g/mol. The van der Waals surface area contributed by atoms with Crippen LogP contribution >= 0.6 is 22.9 Å². The molecule has 112 valence electrons. The third-order valence-corrected chi connectivity index (χ3v) is 5.47. The normalized spacial score (nSPS) is 16.7. The number of anilines is 1. The Morgan fingerprint density at radius 1 is 1.45 bits per heavy atom. The molecular formula is C17H15ClN2OS. The van der Waals surface area contributed by atoms with Crippen LogP contribution in [-0.4, -0.2) is 5.91 Å². The van der Waals surface area contributed by atoms with Gasteiger partial charge in [-0.2, -0.15) is 5.26 Å². The second-order valence-corrected chi connectivity index (χ2v) is 7.11. The van der Waals surface area contributed by atoms with E-state index in [1.54, 1.807) is 24.3 Å². The fourth-order valence-corrected chi connectivity index (χ4v) is 4.35. The summed E-state index contributed by atoms with van der Waals surface area (Å²) in [4.78, 5) is 13.6. The van der Waals surface area contributed by atoms with Gasteiger partial charge >= 0.3 is 0 Å². The number of benzene rings is 1. The van der Waals surface area contributed by atoms with Gasteiger partial charge in [-0.1, -0.05) is 30.7 Å². The Balaban J connectivity index is 1.92. The number of hydrogen-bond donors (Lipinski definition) is 1. The summed E-state index contributed by atoms with van der Waals surface area (Å²) in [7, 11) is 0. The van der Waals surface area contributed by atoms with E-state index in [2.05, 4.69) is 18.3 Å². The molecule has 1 atom stereocenters. The van der Waals surface area contributed by atoms with E-state index >= 15 is 0 Å². The van der Waals surface area contributed by atoms with Gasteiger partial charge < -0.3 is 5.32 Å². The topological polar surface area (TPSA) is 52.9 Å². The number of nitrogens with zero attached hydrogens (tertiary/aromatic N) is 1. The number of amides is 1. The molecule has 0 fully saturated rings. The minimum absolute atomic E-state index is 0.270. The van der Waals surface area contributed by atoms with E-state index in [9.17, 15) is 10.1 Å². The highest BCUT2D eigenvalue weighted by atomic mass is 35.5. The molecule has 0 spiro atoms. The van der Waals surface area contributed by atoms with Crippen LogP contribution in [0.1, 0.15) is 39.7 Å². The first-order valence-corrected chi connectivity index (χ1v) is 8.40. The monoisotopic (exact) mass is 330 g/mol. The van der Waals surface area contributed by atoms with Gasteiger partial charge in [0, 0.05) is 4.88 Å². The molecule has 22 heavy (non-hydrogen) atoms. The number of hydrogen-bond acceptors (Lipinski definition) is 3. The van der Waals surface area contributed by atoms with Crippen molar-refractivity contribution in [2.45, 2.75) is 26.2 Å². The van der Waals surface area contributed by atoms with Crippen molar-refractivity contribution in [3.8, 4) is 6.07 Å². The summed E-state index contributed by atoms with van der Waals surface area (Å²) >= 11 is 7.58. The largest absolute Gasteiger partial charge is 0.312 e. The number of thiophene rings is 1. The molecule has 0 aliphatic heterocycles. The molecule has 1 aromatic heterocycles. The third-order valence-electron chi connectivity index (χ3n) is 3.97. The zero-order valence-corrected chi connectivity index (χ0v) is 13.7. The summed E-state index contributed by atoms with van der Waals surface area (Å²) in [6.45, 7) is 2.22. The molecule has 3 rings (SSSR count). The number of nitrogens with one attached hydrogen (secondary N) is 1. The fourth-order valence-electron chi connectivity index (χ4n) is 2.77. The van der Waals surface area contributed by atoms with Crippen molar-refractivity contribution in [1.29, 1.82) is 5.26 Å². The number of rotatable bonds is 2. The van der Waals surface area contributed by atoms with Crippen LogP contribution in [0.15, 0.2) is 24.3 Å². The molecule has 3 nitrogen and oxygen atoms in total. The molecule has 1 N–H and O–H groups in total. The van der Waals surface area contributed by atoms with Crippen molar-refractivity contribution in [1.82, 2.24) is 0 Å². The predicted molar refractivity (Wildman–Crippen MR) is 89.6 cm³/mol. The van der Waals surface area contributed by atoms with Crippen LogP contribution < -0.4 is 5.32 Å². The summed E-state index contributed by atoms with van der Waals surface area (Å²) in [6, 6.07) is 9.17. The Bertz CT molecular complexity index is 775. The zero-order valence-electron chi connectivity index (χ0n) is 12.1. The van der Waals surface area contributed by atoms with Crippen molar-refractivity contribution in [3.05, 3.63) is 50.9 Å². The molecule has 0 saturated heterocycles. The van der Waals surface area contributed by atoms with Gasteiger partial charge in [-0.05, 0) is 42.9 Å². The lowest BCUT2D eigenvalue weighted by molar-refractivity contribution is 0.102. The molecular weight excluding hydrogens is 316 g/mol. The van der Waals surface area contributed by atoms with Crippen molar-refractivity contribution in [3.63, 3.8) is 0 Å². The van der Waals surface area contributed by atoms with Crippen LogP contribution in [0, 0.1) is 17.2 Å². The molecule has 1 aliphatic rings. The maximum Gasteiger partial charge on any atom is 0.257 e. The molecule has 0 bridgehead atoms. The van der Waals surface area contributed by atoms with Crippen LogP contribution in [0.3, 0.4) is 0 Å². The number of carbonyl (C=O) groups excluding carboxylic acids is 1. The maximum absolute atomic E-state index is 12.4. The molecule has 1 unspecified atom stereocenters. The summed E-state index contributed by atoms with van der Waals surface area (Å²) in [5, 5.41) is 13.4. The number of nitriles is 1. The van der Waals surface area contributed by atoms with Crippen LogP contribution in [0.25, 0.3) is 0 Å². The maximum atomic E-state index is 12.4. The standard InChI is InChI=1S/C17H15ClN2OS/c1-10-6-7-11-13(9-19)17(22-15(11)8-10)20-16(21)12-4-2-3-5-14(12)18/h2-5,10H,6-8H2,1H3,(H,20,21). The van der Waals surface area contributed by atoms with Crippen molar-refractivity contribution < 1.29 is 4.79 Å². The first-order valence-electron chi connectivity index (χ1n) is 7.20. The molecule has 1 heterocycles. The van der Waals surface area contributed by atoms with Crippen LogP contribution in [0.5, 0.6) is 0 Å². The molecule has 5 heteroatoms. The lowest BCUT2D eigenvalue weighted by atomic mass is 9.88. The molecule has 1 amide bonds. The van der Waals surface area contributed by atoms with Crippen LogP contribution in [0.4, 0.5) is 5.00 Å². The number of fused-ring (bicyclic) bond motifs is 1. The minimum Gasteiger partial charge on any atom is -0.312 e. The van der Waals surface area contributed by atoms with Gasteiger partial charge in [-0.15, -0.1) is 11.3 Å². The van der Waals surface area contributed by atoms with Crippen molar-refractivity contribution >= 4 is 33.8 Å². The highest BCUT2D eigenvalue weighted by Gasteiger charge is 2.25. The van der Waals surface area contributed by atoms with E-state index in [1.807, 2.05) is 0 Å². The van der Waals surface area contributed by atoms with E-state index in [0.29, 0.717) is 27.1 Å². The molecule has 1 aliphatic carbocycles. The summed E-state index contributed by atoms with van der Waals surface area (Å²) in [6.07, 6.45) is 2.99. The van der Waals surface area contributed by atoms with E-state index < -0.39 is 0 Å². The van der Waals surface area contributed by atoms with Crippen molar-refractivity contribution in [2.75, 3.05) is 5.32 Å². The van der Waals surface area contributed by atoms with E-state index in [-0.39, 0.29) is 5.91 Å². The van der Waals surface area contributed by atoms with Gasteiger partial charge in [0.05, 0.1) is 16.1 Å². The smallest absolute Gasteiger partial charge is 0.257 e. The van der Waals surface area contributed by atoms with E-state index in [1.165, 1.54) is 16.2 Å². The second-order valence-electron chi connectivity index (χ2n) is 5.60. The van der Waals surface area contributed by atoms with Crippen molar-refractivity contribution in [2.24, 2.45) is 5.92 Å². The first kappa shape index (κ1) is 15.1. The van der Waals surface area contributed by atoms with E-state index in [0.717, 1.165) is 24.8 Å². The zero-order chi connectivity index (χ0) is 15.7. The van der Waals surface area contributed by atoms with Crippen LogP contribution in [0.2, 0.25) is 5.02 Å². The molecule has 2 aromatic rings. The fraction of sp³-hybridized carbons (Fsp3) is 0.294. The van der Waals surface area contributed by atoms with E-state index in [4.69, 9.17) is 11.6 Å². The highest BCUT2D eigenvalue weighted by Crippen LogP contribution is 2.39. The third kappa shape index (κ3) is 2.75. The summed E-state index contributed by atoms with van der Waals surface area (Å²) in [5.41, 5.74) is 2.15.